The molecule has 0 radical (unpaired) electrons. The van der Waals surface area contributed by atoms with Crippen molar-refractivity contribution >= 4 is 33.0 Å². The molecule has 3 heterocycles. The molecule has 2 aliphatic heterocycles. The van der Waals surface area contributed by atoms with Crippen LogP contribution in [0.25, 0.3) is 0 Å². The molecular formula is C18H20ClNO3S2. The Kier molecular flexibility index (Phi) is 4.67. The van der Waals surface area contributed by atoms with Gasteiger partial charge in [-0.3, -0.25) is 0 Å². The summed E-state index contributed by atoms with van der Waals surface area (Å²) in [5.41, 5.74) is 1.72. The number of fused-ring (bicyclic) bond motifs is 2. The van der Waals surface area contributed by atoms with Crippen LogP contribution in [0, 0.1) is 0 Å². The van der Waals surface area contributed by atoms with Gasteiger partial charge in [0.2, 0.25) is 10.0 Å². The van der Waals surface area contributed by atoms with Gasteiger partial charge in [-0.25, -0.2) is 12.7 Å². The topological polar surface area (TPSA) is 46.6 Å². The van der Waals surface area contributed by atoms with E-state index >= 15 is 0 Å². The standard InChI is InChI=1S/C18H20ClNO3S2/c19-16-4-2-1-3-15(16)13-25(21,22)20-9-7-18(8-10-20)17-14(5-11-23-18)6-12-24-17/h1-4,6,12H,5,7-11,13H2. The van der Waals surface area contributed by atoms with E-state index in [2.05, 4.69) is 11.4 Å². The second-order valence-corrected chi connectivity index (χ2v) is 9.91. The lowest BCUT2D eigenvalue weighted by molar-refractivity contribution is -0.0862. The molecule has 7 heteroatoms. The summed E-state index contributed by atoms with van der Waals surface area (Å²) in [5.74, 6) is -0.0508. The van der Waals surface area contributed by atoms with Gasteiger partial charge in [0.05, 0.1) is 12.4 Å². The lowest BCUT2D eigenvalue weighted by atomic mass is 9.86. The first-order chi connectivity index (χ1) is 12.0. The van der Waals surface area contributed by atoms with Gasteiger partial charge in [0.1, 0.15) is 5.60 Å². The maximum Gasteiger partial charge on any atom is 0.218 e. The van der Waals surface area contributed by atoms with Crippen molar-refractivity contribution in [2.24, 2.45) is 0 Å². The van der Waals surface area contributed by atoms with Crippen LogP contribution in [-0.2, 0) is 32.5 Å². The first-order valence-electron chi connectivity index (χ1n) is 8.42. The van der Waals surface area contributed by atoms with E-state index < -0.39 is 10.0 Å². The van der Waals surface area contributed by atoms with E-state index in [1.54, 1.807) is 27.8 Å². The van der Waals surface area contributed by atoms with Gasteiger partial charge < -0.3 is 4.74 Å². The fraction of sp³-hybridized carbons (Fsp3) is 0.444. The molecule has 2 aromatic rings. The molecule has 0 aliphatic carbocycles. The van der Waals surface area contributed by atoms with Gasteiger partial charge >= 0.3 is 0 Å². The third-order valence-corrected chi connectivity index (χ3v) is 8.47. The van der Waals surface area contributed by atoms with E-state index in [4.69, 9.17) is 16.3 Å². The van der Waals surface area contributed by atoms with E-state index in [0.29, 0.717) is 36.5 Å². The average molecular weight is 398 g/mol. The molecule has 0 N–H and O–H groups in total. The van der Waals surface area contributed by atoms with Gasteiger partial charge in [0.15, 0.2) is 0 Å². The van der Waals surface area contributed by atoms with Crippen LogP contribution in [0.2, 0.25) is 5.02 Å². The number of sulfonamides is 1. The largest absolute Gasteiger partial charge is 0.369 e. The predicted molar refractivity (Wildman–Crippen MR) is 101 cm³/mol. The summed E-state index contributed by atoms with van der Waals surface area (Å²) in [6.07, 6.45) is 2.37. The summed E-state index contributed by atoms with van der Waals surface area (Å²) >= 11 is 7.86. The summed E-state index contributed by atoms with van der Waals surface area (Å²) in [7, 11) is -3.38. The number of ether oxygens (including phenoxy) is 1. The number of hydrogen-bond donors (Lipinski definition) is 0. The molecule has 0 bridgehead atoms. The summed E-state index contributed by atoms with van der Waals surface area (Å²) in [6, 6.07) is 9.29. The molecular weight excluding hydrogens is 378 g/mol. The molecule has 134 valence electrons. The Morgan fingerprint density at radius 3 is 2.72 bits per heavy atom. The van der Waals surface area contributed by atoms with E-state index in [1.165, 1.54) is 10.4 Å². The highest BCUT2D eigenvalue weighted by atomic mass is 35.5. The van der Waals surface area contributed by atoms with E-state index in [1.807, 2.05) is 12.1 Å². The van der Waals surface area contributed by atoms with Crippen molar-refractivity contribution in [3.63, 3.8) is 0 Å². The maximum atomic E-state index is 12.8. The molecule has 0 atom stereocenters. The van der Waals surface area contributed by atoms with Crippen LogP contribution < -0.4 is 0 Å². The summed E-state index contributed by atoms with van der Waals surface area (Å²) in [5, 5.41) is 2.61. The second kappa shape index (κ2) is 6.67. The molecule has 1 aromatic carbocycles. The Balaban J connectivity index is 1.50. The van der Waals surface area contributed by atoms with Gasteiger partial charge in [0.25, 0.3) is 0 Å². The Hall–Kier alpha value is -0.920. The molecule has 4 nitrogen and oxygen atoms in total. The zero-order valence-corrected chi connectivity index (χ0v) is 16.2. The van der Waals surface area contributed by atoms with Crippen molar-refractivity contribution < 1.29 is 13.2 Å². The number of benzene rings is 1. The number of piperidine rings is 1. The van der Waals surface area contributed by atoms with Gasteiger partial charge in [-0.05, 0) is 47.9 Å². The average Bonchev–Trinajstić information content (AvgIpc) is 3.08. The number of thiophene rings is 1. The quantitative estimate of drug-likeness (QED) is 0.791. The van der Waals surface area contributed by atoms with Crippen LogP contribution in [0.4, 0.5) is 0 Å². The molecule has 0 saturated carbocycles. The summed E-state index contributed by atoms with van der Waals surface area (Å²) in [6.45, 7) is 1.70. The van der Waals surface area contributed by atoms with Crippen molar-refractivity contribution in [1.29, 1.82) is 0 Å². The number of rotatable bonds is 3. The summed E-state index contributed by atoms with van der Waals surface area (Å²) < 4.78 is 33.4. The lowest BCUT2D eigenvalue weighted by Gasteiger charge is -2.43. The van der Waals surface area contributed by atoms with Crippen LogP contribution in [0.1, 0.15) is 28.8 Å². The van der Waals surface area contributed by atoms with Crippen LogP contribution in [0.15, 0.2) is 35.7 Å². The minimum atomic E-state index is -3.38. The Morgan fingerprint density at radius 2 is 1.96 bits per heavy atom. The molecule has 1 fully saturated rings. The highest BCUT2D eigenvalue weighted by Gasteiger charge is 2.43. The second-order valence-electron chi connectivity index (χ2n) is 6.61. The Labute approximate surface area is 157 Å². The number of halogens is 1. The molecule has 1 aromatic heterocycles. The fourth-order valence-corrected chi connectivity index (χ4v) is 6.77. The predicted octanol–water partition coefficient (Wildman–Crippen LogP) is 3.80. The smallest absolute Gasteiger partial charge is 0.218 e. The Morgan fingerprint density at radius 1 is 1.20 bits per heavy atom. The van der Waals surface area contributed by atoms with E-state index in [0.717, 1.165) is 13.0 Å². The molecule has 0 amide bonds. The molecule has 0 unspecified atom stereocenters. The van der Waals surface area contributed by atoms with Crippen LogP contribution in [0.5, 0.6) is 0 Å². The van der Waals surface area contributed by atoms with E-state index in [9.17, 15) is 8.42 Å². The highest BCUT2D eigenvalue weighted by Crippen LogP contribution is 2.44. The van der Waals surface area contributed by atoms with Gasteiger partial charge in [0, 0.05) is 23.0 Å². The zero-order chi connectivity index (χ0) is 17.5. The van der Waals surface area contributed by atoms with Crippen LogP contribution >= 0.6 is 22.9 Å². The minimum Gasteiger partial charge on any atom is -0.369 e. The fourth-order valence-electron chi connectivity index (χ4n) is 3.75. The lowest BCUT2D eigenvalue weighted by Crippen LogP contribution is -2.48. The van der Waals surface area contributed by atoms with Gasteiger partial charge in [-0.15, -0.1) is 11.3 Å². The zero-order valence-electron chi connectivity index (χ0n) is 13.8. The summed E-state index contributed by atoms with van der Waals surface area (Å²) in [4.78, 5) is 1.29. The van der Waals surface area contributed by atoms with Gasteiger partial charge in [-0.1, -0.05) is 29.8 Å². The van der Waals surface area contributed by atoms with Crippen LogP contribution in [-0.4, -0.2) is 32.4 Å². The first-order valence-corrected chi connectivity index (χ1v) is 11.3. The Bertz CT molecular complexity index is 870. The van der Waals surface area contributed by atoms with Crippen molar-refractivity contribution in [1.82, 2.24) is 4.31 Å². The SMILES string of the molecule is O=S(=O)(Cc1ccccc1Cl)N1CCC2(CC1)OCCc1ccsc12. The van der Waals surface area contributed by atoms with E-state index in [-0.39, 0.29) is 11.4 Å². The molecule has 1 spiro atoms. The highest BCUT2D eigenvalue weighted by molar-refractivity contribution is 7.88. The van der Waals surface area contributed by atoms with Crippen LogP contribution in [0.3, 0.4) is 0 Å². The monoisotopic (exact) mass is 397 g/mol. The maximum absolute atomic E-state index is 12.8. The van der Waals surface area contributed by atoms with Crippen molar-refractivity contribution in [3.05, 3.63) is 56.7 Å². The molecule has 25 heavy (non-hydrogen) atoms. The number of hydrogen-bond acceptors (Lipinski definition) is 4. The van der Waals surface area contributed by atoms with Gasteiger partial charge in [-0.2, -0.15) is 0 Å². The molecule has 4 rings (SSSR count). The molecule has 2 aliphatic rings. The number of nitrogens with zero attached hydrogens (tertiary/aromatic N) is 1. The third-order valence-electron chi connectivity index (χ3n) is 5.13. The van der Waals surface area contributed by atoms with Crippen molar-refractivity contribution in [3.8, 4) is 0 Å². The normalized spacial score (nSPS) is 20.5. The van der Waals surface area contributed by atoms with Crippen molar-refractivity contribution in [2.75, 3.05) is 19.7 Å². The third kappa shape index (κ3) is 3.26. The van der Waals surface area contributed by atoms with Crippen molar-refractivity contribution in [2.45, 2.75) is 30.6 Å². The molecule has 1 saturated heterocycles. The minimum absolute atomic E-state index is 0.0508. The first kappa shape index (κ1) is 17.5.